The molecule has 0 N–H and O–H groups in total. The summed E-state index contributed by atoms with van der Waals surface area (Å²) in [6.07, 6.45) is 1.88. The number of esters is 1. The second-order valence-electron chi connectivity index (χ2n) is 2.61. The van der Waals surface area contributed by atoms with E-state index in [1.807, 2.05) is 42.2 Å². The maximum atomic E-state index is 11.3. The zero-order chi connectivity index (χ0) is 10.4. The molecule has 0 aliphatic heterocycles. The average molecular weight is 255 g/mol. The van der Waals surface area contributed by atoms with Crippen molar-refractivity contribution < 1.29 is 9.53 Å². The number of hydrogen-bond acceptors (Lipinski definition) is 2. The van der Waals surface area contributed by atoms with E-state index >= 15 is 0 Å². The van der Waals surface area contributed by atoms with E-state index in [1.165, 1.54) is 7.11 Å². The predicted molar refractivity (Wildman–Crippen MR) is 58.1 cm³/mol. The third kappa shape index (κ3) is 3.02. The molecule has 14 heavy (non-hydrogen) atoms. The monoisotopic (exact) mass is 256 g/mol. The van der Waals surface area contributed by atoms with Crippen molar-refractivity contribution in [1.82, 2.24) is 0 Å². The molecule has 0 aliphatic carbocycles. The number of carbonyl (C=O) groups excluding carboxylic acids is 1. The van der Waals surface area contributed by atoms with Gasteiger partial charge in [-0.05, 0) is 0 Å². The Morgan fingerprint density at radius 1 is 1.36 bits per heavy atom. The summed E-state index contributed by atoms with van der Waals surface area (Å²) in [5, 5.41) is 0. The van der Waals surface area contributed by atoms with Gasteiger partial charge in [-0.3, -0.25) is 0 Å². The molecule has 0 aromatic heterocycles. The summed E-state index contributed by atoms with van der Waals surface area (Å²) in [4.78, 5) is 11.3. The number of ether oxygens (including phenoxy) is 1. The number of rotatable bonds is 3. The number of hydrogen-bond donors (Lipinski definition) is 0. The molecule has 0 saturated heterocycles. The zero-order valence-corrected chi connectivity index (χ0v) is 9.90. The first kappa shape index (κ1) is 11.0. The van der Waals surface area contributed by atoms with Gasteiger partial charge in [-0.2, -0.15) is 0 Å². The standard InChI is InChI=1S/C11H12O2Se/c1-13-11(12)10(14-2)8-9-6-4-3-5-7-9/h3-8H,1-2H3/b10-8+. The van der Waals surface area contributed by atoms with Crippen LogP contribution in [0.25, 0.3) is 6.08 Å². The van der Waals surface area contributed by atoms with Crippen LogP contribution >= 0.6 is 0 Å². The van der Waals surface area contributed by atoms with Crippen molar-refractivity contribution in [1.29, 1.82) is 0 Å². The Balaban J connectivity index is 2.89. The van der Waals surface area contributed by atoms with Gasteiger partial charge in [-0.25, -0.2) is 0 Å². The van der Waals surface area contributed by atoms with E-state index in [4.69, 9.17) is 0 Å². The van der Waals surface area contributed by atoms with Crippen molar-refractivity contribution in [2.45, 2.75) is 5.82 Å². The molecule has 2 nitrogen and oxygen atoms in total. The van der Waals surface area contributed by atoms with Crippen LogP contribution in [0.1, 0.15) is 5.56 Å². The van der Waals surface area contributed by atoms with E-state index in [-0.39, 0.29) is 20.9 Å². The topological polar surface area (TPSA) is 26.3 Å². The molecule has 1 rings (SSSR count). The van der Waals surface area contributed by atoms with E-state index in [1.54, 1.807) is 0 Å². The van der Waals surface area contributed by atoms with Crippen molar-refractivity contribution >= 4 is 27.0 Å². The Morgan fingerprint density at radius 2 is 2.00 bits per heavy atom. The quantitative estimate of drug-likeness (QED) is 0.469. The Bertz CT molecular complexity index is 330. The molecule has 0 fully saturated rings. The molecule has 0 radical (unpaired) electrons. The molecule has 1 aromatic carbocycles. The maximum absolute atomic E-state index is 11.3. The summed E-state index contributed by atoms with van der Waals surface area (Å²) >= 11 is 0.156. The molecule has 3 heteroatoms. The zero-order valence-electron chi connectivity index (χ0n) is 8.19. The van der Waals surface area contributed by atoms with Crippen LogP contribution in [-0.2, 0) is 9.53 Å². The summed E-state index contributed by atoms with van der Waals surface area (Å²) < 4.78 is 5.44. The molecular formula is C11H12O2Se. The molecule has 0 amide bonds. The fraction of sp³-hybridized carbons (Fsp3) is 0.182. The molecule has 0 bridgehead atoms. The molecule has 0 atom stereocenters. The first-order chi connectivity index (χ1) is 6.77. The molecule has 0 aliphatic rings. The minimum absolute atomic E-state index is 0.156. The van der Waals surface area contributed by atoms with Gasteiger partial charge in [0.1, 0.15) is 0 Å². The summed E-state index contributed by atoms with van der Waals surface area (Å²) in [6, 6.07) is 9.78. The summed E-state index contributed by atoms with van der Waals surface area (Å²) in [5.41, 5.74) is 1.04. The van der Waals surface area contributed by atoms with Crippen molar-refractivity contribution in [3.05, 3.63) is 40.4 Å². The minimum atomic E-state index is -0.226. The van der Waals surface area contributed by atoms with Gasteiger partial charge in [0.05, 0.1) is 0 Å². The summed E-state index contributed by atoms with van der Waals surface area (Å²) in [7, 11) is 1.41. The van der Waals surface area contributed by atoms with Crippen molar-refractivity contribution in [3.63, 3.8) is 0 Å². The summed E-state index contributed by atoms with van der Waals surface area (Å²) in [5.74, 6) is 1.77. The molecule has 1 aromatic rings. The van der Waals surface area contributed by atoms with Crippen molar-refractivity contribution in [2.75, 3.05) is 7.11 Å². The Kier molecular flexibility index (Phi) is 4.44. The van der Waals surface area contributed by atoms with Gasteiger partial charge in [0.25, 0.3) is 0 Å². The Labute approximate surface area is 90.1 Å². The Hall–Kier alpha value is -1.05. The van der Waals surface area contributed by atoms with Gasteiger partial charge >= 0.3 is 89.8 Å². The Morgan fingerprint density at radius 3 is 2.50 bits per heavy atom. The number of carbonyl (C=O) groups is 1. The predicted octanol–water partition coefficient (Wildman–Crippen LogP) is 1.95. The van der Waals surface area contributed by atoms with Gasteiger partial charge in [-0.15, -0.1) is 0 Å². The molecule has 0 unspecified atom stereocenters. The van der Waals surface area contributed by atoms with E-state index < -0.39 is 0 Å². The molecule has 0 saturated carbocycles. The SMILES string of the molecule is COC(=O)/C(=C\c1ccccc1)[Se]C. The van der Waals surface area contributed by atoms with Gasteiger partial charge in [0, 0.05) is 0 Å². The molecule has 0 heterocycles. The number of benzene rings is 1. The average Bonchev–Trinajstić information content (AvgIpc) is 2.26. The van der Waals surface area contributed by atoms with Crippen LogP contribution < -0.4 is 0 Å². The third-order valence-electron chi connectivity index (χ3n) is 1.70. The number of methoxy groups -OCH3 is 1. The summed E-state index contributed by atoms with van der Waals surface area (Å²) in [6.45, 7) is 0. The fourth-order valence-electron chi connectivity index (χ4n) is 1.00. The van der Waals surface area contributed by atoms with Crippen LogP contribution in [0.5, 0.6) is 0 Å². The second-order valence-corrected chi connectivity index (χ2v) is 4.39. The van der Waals surface area contributed by atoms with Gasteiger partial charge in [0.15, 0.2) is 0 Å². The molecule has 74 valence electrons. The van der Waals surface area contributed by atoms with Gasteiger partial charge in [0.2, 0.25) is 0 Å². The van der Waals surface area contributed by atoms with Gasteiger partial charge in [-0.1, -0.05) is 0 Å². The van der Waals surface area contributed by atoms with E-state index in [0.717, 1.165) is 10.0 Å². The van der Waals surface area contributed by atoms with Crippen LogP contribution in [0, 0.1) is 0 Å². The van der Waals surface area contributed by atoms with Crippen molar-refractivity contribution in [2.24, 2.45) is 0 Å². The van der Waals surface area contributed by atoms with E-state index in [2.05, 4.69) is 4.74 Å². The van der Waals surface area contributed by atoms with Crippen LogP contribution in [0.4, 0.5) is 0 Å². The molecular weight excluding hydrogens is 243 g/mol. The molecule has 0 spiro atoms. The first-order valence-electron chi connectivity index (χ1n) is 4.17. The first-order valence-corrected chi connectivity index (χ1v) is 6.74. The second kappa shape index (κ2) is 5.63. The van der Waals surface area contributed by atoms with Crippen LogP contribution in [0.2, 0.25) is 5.82 Å². The third-order valence-corrected chi connectivity index (χ3v) is 3.22. The fourth-order valence-corrected chi connectivity index (χ4v) is 2.06. The van der Waals surface area contributed by atoms with Crippen LogP contribution in [-0.4, -0.2) is 28.0 Å². The van der Waals surface area contributed by atoms with E-state index in [9.17, 15) is 4.79 Å². The van der Waals surface area contributed by atoms with Crippen molar-refractivity contribution in [3.8, 4) is 0 Å². The normalized spacial score (nSPS) is 11.1. The van der Waals surface area contributed by atoms with Gasteiger partial charge < -0.3 is 0 Å². The van der Waals surface area contributed by atoms with Crippen LogP contribution in [0.3, 0.4) is 0 Å². The van der Waals surface area contributed by atoms with Crippen LogP contribution in [0.15, 0.2) is 34.8 Å². The van der Waals surface area contributed by atoms with E-state index in [0.29, 0.717) is 0 Å².